The Morgan fingerprint density at radius 2 is 1.44 bits per heavy atom. The van der Waals surface area contributed by atoms with E-state index in [1.54, 1.807) is 0 Å². The molecule has 2 rings (SSSR count). The number of benzene rings is 2. The lowest BCUT2D eigenvalue weighted by molar-refractivity contribution is -0.386. The van der Waals surface area contributed by atoms with Gasteiger partial charge < -0.3 is 0 Å². The largest absolute Gasteiger partial charge is 0.298 e. The molecule has 0 aromatic heterocycles. The highest BCUT2D eigenvalue weighted by molar-refractivity contribution is 6.00. The summed E-state index contributed by atoms with van der Waals surface area (Å²) in [5.41, 5.74) is -0.265. The van der Waals surface area contributed by atoms with Gasteiger partial charge in [-0.2, -0.15) is 0 Å². The first-order chi connectivity index (χ1) is 8.54. The van der Waals surface area contributed by atoms with Gasteiger partial charge in [-0.1, -0.05) is 6.07 Å². The maximum atomic E-state index is 10.8. The Morgan fingerprint density at radius 3 is 1.94 bits per heavy atom. The maximum Gasteiger partial charge on any atom is 0.277 e. The fourth-order valence-electron chi connectivity index (χ4n) is 1.73. The van der Waals surface area contributed by atoms with Gasteiger partial charge in [-0.15, -0.1) is 0 Å². The summed E-state index contributed by atoms with van der Waals surface area (Å²) in [4.78, 5) is 31.0. The number of fused-ring (bicyclic) bond motifs is 1. The van der Waals surface area contributed by atoms with Gasteiger partial charge >= 0.3 is 0 Å². The first-order valence-electron chi connectivity index (χ1n) is 4.85. The van der Waals surface area contributed by atoms with E-state index in [1.807, 2.05) is 0 Å². The van der Waals surface area contributed by atoms with Crippen molar-refractivity contribution >= 4 is 28.4 Å². The lowest BCUT2D eigenvalue weighted by Gasteiger charge is -2.01. The molecule has 0 aliphatic rings. The lowest BCUT2D eigenvalue weighted by atomic mass is 10.0. The average Bonchev–Trinajstić information content (AvgIpc) is 2.36. The molecule has 0 bridgehead atoms. The molecule has 0 fully saturated rings. The zero-order valence-corrected chi connectivity index (χ0v) is 8.90. The Morgan fingerprint density at radius 1 is 0.889 bits per heavy atom. The summed E-state index contributed by atoms with van der Waals surface area (Å²) >= 11 is 0. The van der Waals surface area contributed by atoms with E-state index in [1.165, 1.54) is 18.2 Å². The molecule has 2 aromatic rings. The van der Waals surface area contributed by atoms with Crippen LogP contribution >= 0.6 is 0 Å². The monoisotopic (exact) mass is 246 g/mol. The minimum Gasteiger partial charge on any atom is -0.298 e. The van der Waals surface area contributed by atoms with Crippen LogP contribution in [0.5, 0.6) is 0 Å². The van der Waals surface area contributed by atoms with Gasteiger partial charge in [0, 0.05) is 17.7 Å². The Kier molecular flexibility index (Phi) is 2.72. The van der Waals surface area contributed by atoms with Crippen LogP contribution in [0, 0.1) is 20.2 Å². The van der Waals surface area contributed by atoms with E-state index in [4.69, 9.17) is 0 Å². The quantitative estimate of drug-likeness (QED) is 0.470. The zero-order valence-electron chi connectivity index (χ0n) is 8.90. The predicted octanol–water partition coefficient (Wildman–Crippen LogP) is 2.47. The zero-order chi connectivity index (χ0) is 13.3. The summed E-state index contributed by atoms with van der Waals surface area (Å²) in [5.74, 6) is 0. The van der Waals surface area contributed by atoms with Gasteiger partial charge in [-0.25, -0.2) is 0 Å². The highest BCUT2D eigenvalue weighted by atomic mass is 16.6. The van der Waals surface area contributed by atoms with Crippen LogP contribution < -0.4 is 0 Å². The number of aldehydes is 1. The molecule has 90 valence electrons. The van der Waals surface area contributed by atoms with Crippen molar-refractivity contribution in [1.29, 1.82) is 0 Å². The second-order valence-electron chi connectivity index (χ2n) is 3.54. The van der Waals surface area contributed by atoms with Crippen molar-refractivity contribution in [1.82, 2.24) is 0 Å². The molecule has 7 nitrogen and oxygen atoms in total. The van der Waals surface area contributed by atoms with Crippen molar-refractivity contribution in [3.63, 3.8) is 0 Å². The van der Waals surface area contributed by atoms with Gasteiger partial charge in [0.1, 0.15) is 6.29 Å². The normalized spacial score (nSPS) is 10.2. The van der Waals surface area contributed by atoms with Gasteiger partial charge in [-0.05, 0) is 12.1 Å². The number of hydrogen-bond donors (Lipinski definition) is 0. The van der Waals surface area contributed by atoms with Crippen molar-refractivity contribution < 1.29 is 14.6 Å². The fraction of sp³-hybridized carbons (Fsp3) is 0. The van der Waals surface area contributed by atoms with Gasteiger partial charge in [0.15, 0.2) is 0 Å². The topological polar surface area (TPSA) is 103 Å². The first-order valence-corrected chi connectivity index (χ1v) is 4.85. The van der Waals surface area contributed by atoms with E-state index in [0.717, 1.165) is 12.1 Å². The van der Waals surface area contributed by atoms with Gasteiger partial charge in [0.05, 0.1) is 20.6 Å². The predicted molar refractivity (Wildman–Crippen MR) is 62.6 cm³/mol. The molecule has 0 N–H and O–H groups in total. The summed E-state index contributed by atoms with van der Waals surface area (Å²) in [6.45, 7) is 0. The molecule has 0 atom stereocenters. The van der Waals surface area contributed by atoms with E-state index >= 15 is 0 Å². The molecule has 0 saturated carbocycles. The number of non-ortho nitro benzene ring substituents is 2. The molecule has 0 amide bonds. The maximum absolute atomic E-state index is 10.8. The van der Waals surface area contributed by atoms with Crippen LogP contribution in [0.25, 0.3) is 10.8 Å². The van der Waals surface area contributed by atoms with Crippen LogP contribution in [0.15, 0.2) is 30.3 Å². The molecule has 0 unspecified atom stereocenters. The lowest BCUT2D eigenvalue weighted by Crippen LogP contribution is -1.95. The second kappa shape index (κ2) is 4.21. The molecule has 0 saturated heterocycles. The number of carbonyl (C=O) groups is 1. The molecule has 0 aliphatic carbocycles. The Hall–Kier alpha value is -2.83. The third-order valence-electron chi connectivity index (χ3n) is 2.52. The SMILES string of the molecule is O=Cc1ccc2c([N+](=O)[O-])ccc([N+](=O)[O-])c2c1. The molecule has 0 aliphatic heterocycles. The van der Waals surface area contributed by atoms with E-state index in [-0.39, 0.29) is 27.7 Å². The van der Waals surface area contributed by atoms with Crippen LogP contribution in [0.2, 0.25) is 0 Å². The summed E-state index contributed by atoms with van der Waals surface area (Å²) in [6.07, 6.45) is 0.530. The van der Waals surface area contributed by atoms with Crippen molar-refractivity contribution in [3.05, 3.63) is 56.1 Å². The molecule has 0 spiro atoms. The van der Waals surface area contributed by atoms with E-state index in [2.05, 4.69) is 0 Å². The van der Waals surface area contributed by atoms with Gasteiger partial charge in [-0.3, -0.25) is 25.0 Å². The Bertz CT molecular complexity index is 680. The van der Waals surface area contributed by atoms with Crippen molar-refractivity contribution in [2.45, 2.75) is 0 Å². The number of nitrogens with zero attached hydrogens (tertiary/aromatic N) is 2. The molecule has 7 heteroatoms. The smallest absolute Gasteiger partial charge is 0.277 e. The highest BCUT2D eigenvalue weighted by Crippen LogP contribution is 2.33. The van der Waals surface area contributed by atoms with Crippen LogP contribution in [0.3, 0.4) is 0 Å². The van der Waals surface area contributed by atoms with Crippen molar-refractivity contribution in [3.8, 4) is 0 Å². The van der Waals surface area contributed by atoms with Crippen LogP contribution in [0.4, 0.5) is 11.4 Å². The minimum absolute atomic E-state index is 0.0822. The van der Waals surface area contributed by atoms with E-state index in [9.17, 15) is 25.0 Å². The first kappa shape index (κ1) is 11.6. The summed E-state index contributed by atoms with van der Waals surface area (Å²) < 4.78 is 0. The van der Waals surface area contributed by atoms with Crippen LogP contribution in [-0.4, -0.2) is 16.1 Å². The van der Waals surface area contributed by atoms with Crippen molar-refractivity contribution in [2.75, 3.05) is 0 Å². The standard InChI is InChI=1S/C11H6N2O5/c14-6-7-1-2-8-9(5-7)11(13(17)18)4-3-10(8)12(15)16/h1-6H. The summed E-state index contributed by atoms with van der Waals surface area (Å²) in [6, 6.07) is 6.14. The minimum atomic E-state index is -0.638. The molecule has 2 aromatic carbocycles. The van der Waals surface area contributed by atoms with Crippen LogP contribution in [-0.2, 0) is 0 Å². The van der Waals surface area contributed by atoms with Gasteiger partial charge in [0.2, 0.25) is 0 Å². The highest BCUT2D eigenvalue weighted by Gasteiger charge is 2.20. The summed E-state index contributed by atoms with van der Waals surface area (Å²) in [5, 5.41) is 21.9. The van der Waals surface area contributed by atoms with Crippen LogP contribution in [0.1, 0.15) is 10.4 Å². The molecule has 0 heterocycles. The number of nitro benzene ring substituents is 2. The fourth-order valence-corrected chi connectivity index (χ4v) is 1.73. The third-order valence-corrected chi connectivity index (χ3v) is 2.52. The van der Waals surface area contributed by atoms with Crippen molar-refractivity contribution in [2.24, 2.45) is 0 Å². The third kappa shape index (κ3) is 1.77. The second-order valence-corrected chi connectivity index (χ2v) is 3.54. The van der Waals surface area contributed by atoms with Gasteiger partial charge in [0.25, 0.3) is 11.4 Å². The number of hydrogen-bond acceptors (Lipinski definition) is 5. The number of carbonyl (C=O) groups excluding carboxylic acids is 1. The Labute approximate surface area is 99.9 Å². The molecule has 18 heavy (non-hydrogen) atoms. The number of rotatable bonds is 3. The number of nitro groups is 2. The average molecular weight is 246 g/mol. The summed E-state index contributed by atoms with van der Waals surface area (Å²) in [7, 11) is 0. The molecular formula is C11H6N2O5. The van der Waals surface area contributed by atoms with E-state index in [0.29, 0.717) is 6.29 Å². The molecule has 0 radical (unpaired) electrons. The van der Waals surface area contributed by atoms with E-state index < -0.39 is 9.85 Å². The Balaban J connectivity index is 2.90. The molecular weight excluding hydrogens is 240 g/mol.